The van der Waals surface area contributed by atoms with E-state index in [1.54, 1.807) is 4.90 Å². The maximum atomic E-state index is 12.8. The fourth-order valence-electron chi connectivity index (χ4n) is 3.42. The minimum Gasteiger partial charge on any atom is -0.353 e. The SMILES string of the molecule is CCCCN(CC)CCNC(=O)C(CC)N1C(=O)CCn2nc(C)cc21. The lowest BCUT2D eigenvalue weighted by molar-refractivity contribution is -0.127. The average molecular weight is 364 g/mol. The summed E-state index contributed by atoms with van der Waals surface area (Å²) in [5.74, 6) is 0.649. The van der Waals surface area contributed by atoms with E-state index < -0.39 is 6.04 Å². The van der Waals surface area contributed by atoms with Crippen LogP contribution in [0.4, 0.5) is 5.82 Å². The number of unbranched alkanes of at least 4 members (excludes halogenated alkanes) is 1. The molecule has 2 rings (SSSR count). The van der Waals surface area contributed by atoms with Crippen LogP contribution in [0.2, 0.25) is 0 Å². The second-order valence-electron chi connectivity index (χ2n) is 6.88. The fraction of sp³-hybridized carbons (Fsp3) is 0.737. The Balaban J connectivity index is 1.99. The molecular weight excluding hydrogens is 330 g/mol. The number of rotatable bonds is 10. The number of anilines is 1. The van der Waals surface area contributed by atoms with Gasteiger partial charge in [-0.05, 0) is 32.9 Å². The van der Waals surface area contributed by atoms with Crippen LogP contribution in [-0.4, -0.2) is 58.7 Å². The lowest BCUT2D eigenvalue weighted by Gasteiger charge is -2.33. The summed E-state index contributed by atoms with van der Waals surface area (Å²) in [5.41, 5.74) is 0.865. The van der Waals surface area contributed by atoms with E-state index in [9.17, 15) is 9.59 Å². The van der Waals surface area contributed by atoms with Crippen molar-refractivity contribution in [3.63, 3.8) is 0 Å². The molecule has 7 nitrogen and oxygen atoms in total. The summed E-state index contributed by atoms with van der Waals surface area (Å²) in [6.45, 7) is 12.2. The number of aryl methyl sites for hydroxylation is 2. The van der Waals surface area contributed by atoms with Crippen molar-refractivity contribution in [2.75, 3.05) is 31.1 Å². The summed E-state index contributed by atoms with van der Waals surface area (Å²) < 4.78 is 1.83. The second kappa shape index (κ2) is 9.71. The number of aromatic nitrogens is 2. The maximum absolute atomic E-state index is 12.8. The third-order valence-corrected chi connectivity index (χ3v) is 4.94. The van der Waals surface area contributed by atoms with Crippen LogP contribution in [0.25, 0.3) is 0 Å². The molecule has 1 unspecified atom stereocenters. The van der Waals surface area contributed by atoms with Crippen molar-refractivity contribution in [1.82, 2.24) is 20.0 Å². The third-order valence-electron chi connectivity index (χ3n) is 4.94. The van der Waals surface area contributed by atoms with Crippen molar-refractivity contribution in [3.8, 4) is 0 Å². The van der Waals surface area contributed by atoms with Gasteiger partial charge < -0.3 is 10.2 Å². The molecule has 2 heterocycles. The van der Waals surface area contributed by atoms with E-state index in [0.29, 0.717) is 25.9 Å². The molecule has 1 aromatic rings. The van der Waals surface area contributed by atoms with E-state index in [4.69, 9.17) is 0 Å². The van der Waals surface area contributed by atoms with Crippen LogP contribution < -0.4 is 10.2 Å². The van der Waals surface area contributed by atoms with Gasteiger partial charge in [0.15, 0.2) is 0 Å². The lowest BCUT2D eigenvalue weighted by Crippen LogP contribution is -2.53. The highest BCUT2D eigenvalue weighted by atomic mass is 16.2. The van der Waals surface area contributed by atoms with Crippen molar-refractivity contribution in [2.45, 2.75) is 66.0 Å². The summed E-state index contributed by atoms with van der Waals surface area (Å²) >= 11 is 0. The lowest BCUT2D eigenvalue weighted by atomic mass is 10.1. The number of likely N-dealkylation sites (N-methyl/N-ethyl adjacent to an activating group) is 1. The van der Waals surface area contributed by atoms with E-state index >= 15 is 0 Å². The van der Waals surface area contributed by atoms with Crippen LogP contribution in [-0.2, 0) is 16.1 Å². The molecule has 0 radical (unpaired) electrons. The molecule has 26 heavy (non-hydrogen) atoms. The predicted octanol–water partition coefficient (Wildman–Crippen LogP) is 1.95. The van der Waals surface area contributed by atoms with Gasteiger partial charge in [0.1, 0.15) is 11.9 Å². The van der Waals surface area contributed by atoms with Crippen LogP contribution in [0.1, 0.15) is 52.1 Å². The number of amides is 2. The molecule has 1 aromatic heterocycles. The van der Waals surface area contributed by atoms with Crippen LogP contribution >= 0.6 is 0 Å². The Hall–Kier alpha value is -1.89. The Kier molecular flexibility index (Phi) is 7.63. The average Bonchev–Trinajstić information content (AvgIpc) is 3.00. The minimum absolute atomic E-state index is 0.00229. The smallest absolute Gasteiger partial charge is 0.243 e. The molecule has 0 saturated carbocycles. The summed E-state index contributed by atoms with van der Waals surface area (Å²) in [7, 11) is 0. The van der Waals surface area contributed by atoms with Crippen molar-refractivity contribution in [3.05, 3.63) is 11.8 Å². The number of fused-ring (bicyclic) bond motifs is 1. The highest BCUT2D eigenvalue weighted by Gasteiger charge is 2.34. The zero-order valence-electron chi connectivity index (χ0n) is 16.6. The largest absolute Gasteiger partial charge is 0.353 e. The number of carbonyl (C=O) groups is 2. The molecule has 1 aliphatic rings. The number of hydrogen-bond donors (Lipinski definition) is 1. The molecule has 1 aliphatic heterocycles. The topological polar surface area (TPSA) is 70.5 Å². The van der Waals surface area contributed by atoms with Crippen LogP contribution in [0.5, 0.6) is 0 Å². The molecule has 1 atom stereocenters. The van der Waals surface area contributed by atoms with E-state index in [2.05, 4.69) is 29.2 Å². The molecule has 0 fully saturated rings. The van der Waals surface area contributed by atoms with Gasteiger partial charge in [-0.3, -0.25) is 14.5 Å². The quantitative estimate of drug-likeness (QED) is 0.690. The normalized spacial score (nSPS) is 15.3. The molecule has 0 aromatic carbocycles. The molecule has 146 valence electrons. The monoisotopic (exact) mass is 363 g/mol. The Morgan fingerprint density at radius 2 is 2.12 bits per heavy atom. The van der Waals surface area contributed by atoms with E-state index in [1.807, 2.05) is 24.6 Å². The first-order chi connectivity index (χ1) is 12.5. The molecule has 0 spiro atoms. The fourth-order valence-corrected chi connectivity index (χ4v) is 3.42. The van der Waals surface area contributed by atoms with E-state index in [-0.39, 0.29) is 11.8 Å². The van der Waals surface area contributed by atoms with Crippen LogP contribution in [0.15, 0.2) is 6.07 Å². The summed E-state index contributed by atoms with van der Waals surface area (Å²) in [4.78, 5) is 29.3. The Labute approximate surface area is 156 Å². The third kappa shape index (κ3) is 4.84. The van der Waals surface area contributed by atoms with Gasteiger partial charge in [-0.2, -0.15) is 5.10 Å². The van der Waals surface area contributed by atoms with Gasteiger partial charge in [-0.25, -0.2) is 4.68 Å². The predicted molar refractivity (Wildman–Crippen MR) is 103 cm³/mol. The molecule has 0 saturated heterocycles. The van der Waals surface area contributed by atoms with Crippen LogP contribution in [0.3, 0.4) is 0 Å². The molecular formula is C19H33N5O2. The highest BCUT2D eigenvalue weighted by Crippen LogP contribution is 2.25. The van der Waals surface area contributed by atoms with Crippen molar-refractivity contribution in [2.24, 2.45) is 0 Å². The van der Waals surface area contributed by atoms with E-state index in [1.165, 1.54) is 12.8 Å². The minimum atomic E-state index is -0.483. The van der Waals surface area contributed by atoms with Gasteiger partial charge >= 0.3 is 0 Å². The van der Waals surface area contributed by atoms with Gasteiger partial charge in [0.05, 0.1) is 12.2 Å². The Morgan fingerprint density at radius 1 is 1.35 bits per heavy atom. The first-order valence-corrected chi connectivity index (χ1v) is 9.88. The van der Waals surface area contributed by atoms with Gasteiger partial charge in [-0.15, -0.1) is 0 Å². The zero-order valence-corrected chi connectivity index (χ0v) is 16.6. The van der Waals surface area contributed by atoms with Gasteiger partial charge in [0.25, 0.3) is 0 Å². The van der Waals surface area contributed by atoms with Gasteiger partial charge in [0.2, 0.25) is 11.8 Å². The standard InChI is InChI=1S/C19H33N5O2/c1-5-8-11-22(7-3)13-10-20-19(26)16(6-2)24-17-14-15(4)21-23(17)12-9-18(24)25/h14,16H,5-13H2,1-4H3,(H,20,26). The van der Waals surface area contributed by atoms with Crippen molar-refractivity contribution in [1.29, 1.82) is 0 Å². The summed E-state index contributed by atoms with van der Waals surface area (Å²) in [6.07, 6.45) is 3.31. The number of nitrogens with zero attached hydrogens (tertiary/aromatic N) is 4. The Morgan fingerprint density at radius 3 is 2.77 bits per heavy atom. The molecule has 2 amide bonds. The molecule has 7 heteroatoms. The van der Waals surface area contributed by atoms with Crippen molar-refractivity contribution < 1.29 is 9.59 Å². The number of hydrogen-bond acceptors (Lipinski definition) is 4. The number of carbonyl (C=O) groups excluding carboxylic acids is 2. The van der Waals surface area contributed by atoms with Gasteiger partial charge in [0, 0.05) is 25.6 Å². The first-order valence-electron chi connectivity index (χ1n) is 9.88. The maximum Gasteiger partial charge on any atom is 0.243 e. The first kappa shape index (κ1) is 20.4. The highest BCUT2D eigenvalue weighted by molar-refractivity contribution is 6.00. The zero-order chi connectivity index (χ0) is 19.1. The second-order valence-corrected chi connectivity index (χ2v) is 6.88. The van der Waals surface area contributed by atoms with Gasteiger partial charge in [-0.1, -0.05) is 27.2 Å². The molecule has 0 aliphatic carbocycles. The summed E-state index contributed by atoms with van der Waals surface area (Å²) in [6, 6.07) is 1.40. The Bertz CT molecular complexity index is 613. The summed E-state index contributed by atoms with van der Waals surface area (Å²) in [5, 5.41) is 7.45. The molecule has 1 N–H and O–H groups in total. The van der Waals surface area contributed by atoms with E-state index in [0.717, 1.165) is 31.1 Å². The van der Waals surface area contributed by atoms with Crippen molar-refractivity contribution >= 4 is 17.6 Å². The molecule has 0 bridgehead atoms. The number of nitrogens with one attached hydrogen (secondary N) is 1. The van der Waals surface area contributed by atoms with Crippen LogP contribution in [0, 0.1) is 6.92 Å².